The van der Waals surface area contributed by atoms with E-state index in [-0.39, 0.29) is 24.1 Å². The minimum atomic E-state index is -0.668. The van der Waals surface area contributed by atoms with E-state index in [2.05, 4.69) is 10.6 Å². The molecule has 0 bridgehead atoms. The summed E-state index contributed by atoms with van der Waals surface area (Å²) >= 11 is 0. The van der Waals surface area contributed by atoms with Crippen molar-refractivity contribution in [2.75, 3.05) is 25.1 Å². The van der Waals surface area contributed by atoms with Gasteiger partial charge in [0.05, 0.1) is 13.0 Å². The number of ether oxygens (including phenoxy) is 1. The fourth-order valence-electron chi connectivity index (χ4n) is 3.42. The Morgan fingerprint density at radius 2 is 1.83 bits per heavy atom. The first-order valence-corrected chi connectivity index (χ1v) is 10.0. The molecule has 1 aliphatic heterocycles. The Bertz CT molecular complexity index is 883. The van der Waals surface area contributed by atoms with E-state index < -0.39 is 12.0 Å². The van der Waals surface area contributed by atoms with Gasteiger partial charge in [-0.2, -0.15) is 0 Å². The minimum absolute atomic E-state index is 0.111. The van der Waals surface area contributed by atoms with Gasteiger partial charge in [0.1, 0.15) is 11.8 Å². The van der Waals surface area contributed by atoms with E-state index in [0.717, 1.165) is 17.7 Å². The van der Waals surface area contributed by atoms with E-state index in [0.29, 0.717) is 18.8 Å². The molecule has 7 nitrogen and oxygen atoms in total. The normalized spacial score (nSPS) is 16.8. The van der Waals surface area contributed by atoms with E-state index in [1.165, 1.54) is 0 Å². The van der Waals surface area contributed by atoms with Crippen LogP contribution in [0.3, 0.4) is 0 Å². The van der Waals surface area contributed by atoms with Crippen molar-refractivity contribution in [1.82, 2.24) is 10.6 Å². The lowest BCUT2D eigenvalue weighted by atomic mass is 10.1. The summed E-state index contributed by atoms with van der Waals surface area (Å²) in [6.07, 6.45) is 0.849. The van der Waals surface area contributed by atoms with Crippen LogP contribution in [0.15, 0.2) is 54.6 Å². The zero-order chi connectivity index (χ0) is 21.5. The zero-order valence-corrected chi connectivity index (χ0v) is 17.3. The molecule has 2 N–H and O–H groups in total. The molecular weight excluding hydrogens is 382 g/mol. The second kappa shape index (κ2) is 9.91. The third kappa shape index (κ3) is 5.37. The molecule has 0 saturated carbocycles. The maximum atomic E-state index is 12.6. The molecule has 2 aromatic rings. The van der Waals surface area contributed by atoms with E-state index >= 15 is 0 Å². The average molecular weight is 409 g/mol. The van der Waals surface area contributed by atoms with E-state index in [4.69, 9.17) is 4.74 Å². The largest absolute Gasteiger partial charge is 0.497 e. The molecule has 1 aliphatic rings. The number of nitrogens with one attached hydrogen (secondary N) is 2. The molecule has 3 amide bonds. The third-order valence-corrected chi connectivity index (χ3v) is 5.19. The number of carbonyl (C=O) groups is 3. The van der Waals surface area contributed by atoms with Crippen LogP contribution in [0.4, 0.5) is 5.69 Å². The first-order chi connectivity index (χ1) is 14.5. The summed E-state index contributed by atoms with van der Waals surface area (Å²) in [6.45, 7) is 2.43. The standard InChI is InChI=1S/C23H27N3O4/c1-16(22(28)24-13-12-17-6-4-3-5-7-17)25-23(29)18-14-21(27)26(15-18)19-8-10-20(30-2)11-9-19/h3-11,16,18H,12-15H2,1-2H3,(H,24,28)(H,25,29)/t16-,18-/m0/s1. The Morgan fingerprint density at radius 3 is 2.50 bits per heavy atom. The molecule has 0 aliphatic carbocycles. The van der Waals surface area contributed by atoms with Gasteiger partial charge in [-0.3, -0.25) is 14.4 Å². The van der Waals surface area contributed by atoms with Gasteiger partial charge in [0.15, 0.2) is 0 Å². The summed E-state index contributed by atoms with van der Waals surface area (Å²) in [5.74, 6) is -0.424. The van der Waals surface area contributed by atoms with Gasteiger partial charge in [-0.1, -0.05) is 30.3 Å². The van der Waals surface area contributed by atoms with E-state index in [1.54, 1.807) is 43.2 Å². The molecule has 0 spiro atoms. The lowest BCUT2D eigenvalue weighted by Crippen LogP contribution is -2.47. The number of anilines is 1. The summed E-state index contributed by atoms with van der Waals surface area (Å²) in [7, 11) is 1.58. The molecule has 0 aromatic heterocycles. The fraction of sp³-hybridized carbons (Fsp3) is 0.348. The number of methoxy groups -OCH3 is 1. The SMILES string of the molecule is COc1ccc(N2C[C@@H](C(=O)N[C@@H](C)C(=O)NCCc3ccccc3)CC2=O)cc1. The number of carbonyl (C=O) groups excluding carboxylic acids is 3. The predicted molar refractivity (Wildman–Crippen MR) is 114 cm³/mol. The summed E-state index contributed by atoms with van der Waals surface area (Å²) in [5, 5.41) is 5.57. The summed E-state index contributed by atoms with van der Waals surface area (Å²) < 4.78 is 5.13. The third-order valence-electron chi connectivity index (χ3n) is 5.19. The fourth-order valence-corrected chi connectivity index (χ4v) is 3.42. The first kappa shape index (κ1) is 21.4. The summed E-state index contributed by atoms with van der Waals surface area (Å²) in [5.41, 5.74) is 1.86. The molecule has 2 aromatic carbocycles. The van der Waals surface area contributed by atoms with Gasteiger partial charge >= 0.3 is 0 Å². The monoisotopic (exact) mass is 409 g/mol. The minimum Gasteiger partial charge on any atom is -0.497 e. The second-order valence-electron chi connectivity index (χ2n) is 7.36. The van der Waals surface area contributed by atoms with Crippen molar-refractivity contribution < 1.29 is 19.1 Å². The molecule has 30 heavy (non-hydrogen) atoms. The van der Waals surface area contributed by atoms with Gasteiger partial charge in [0, 0.05) is 25.2 Å². The molecule has 1 fully saturated rings. The molecule has 1 heterocycles. The van der Waals surface area contributed by atoms with Crippen molar-refractivity contribution in [3.8, 4) is 5.75 Å². The van der Waals surface area contributed by atoms with Crippen LogP contribution in [0, 0.1) is 5.92 Å². The highest BCUT2D eigenvalue weighted by Gasteiger charge is 2.36. The molecule has 158 valence electrons. The van der Waals surface area contributed by atoms with E-state index in [9.17, 15) is 14.4 Å². The van der Waals surface area contributed by atoms with Crippen molar-refractivity contribution in [1.29, 1.82) is 0 Å². The van der Waals surface area contributed by atoms with Gasteiger partial charge in [0.2, 0.25) is 17.7 Å². The number of nitrogens with zero attached hydrogens (tertiary/aromatic N) is 1. The van der Waals surface area contributed by atoms with Crippen molar-refractivity contribution in [3.63, 3.8) is 0 Å². The Labute approximate surface area is 176 Å². The smallest absolute Gasteiger partial charge is 0.242 e. The second-order valence-corrected chi connectivity index (χ2v) is 7.36. The molecule has 7 heteroatoms. The van der Waals surface area contributed by atoms with Gasteiger partial charge in [-0.25, -0.2) is 0 Å². The Morgan fingerprint density at radius 1 is 1.13 bits per heavy atom. The number of rotatable bonds is 8. The van der Waals surface area contributed by atoms with Crippen LogP contribution in [-0.4, -0.2) is 44.0 Å². The van der Waals surface area contributed by atoms with Crippen molar-refractivity contribution in [3.05, 3.63) is 60.2 Å². The average Bonchev–Trinajstić information content (AvgIpc) is 3.16. The number of hydrogen-bond acceptors (Lipinski definition) is 4. The van der Waals surface area contributed by atoms with E-state index in [1.807, 2.05) is 30.3 Å². The van der Waals surface area contributed by atoms with Crippen LogP contribution < -0.4 is 20.3 Å². The van der Waals surface area contributed by atoms with Gasteiger partial charge in [-0.15, -0.1) is 0 Å². The van der Waals surface area contributed by atoms with Crippen LogP contribution in [0.2, 0.25) is 0 Å². The van der Waals surface area contributed by atoms with Crippen LogP contribution in [0.1, 0.15) is 18.9 Å². The maximum absolute atomic E-state index is 12.6. The predicted octanol–water partition coefficient (Wildman–Crippen LogP) is 1.91. The number of benzene rings is 2. The van der Waals surface area contributed by atoms with Crippen molar-refractivity contribution in [2.24, 2.45) is 5.92 Å². The topological polar surface area (TPSA) is 87.7 Å². The first-order valence-electron chi connectivity index (χ1n) is 10.0. The van der Waals surface area contributed by atoms with Crippen molar-refractivity contribution in [2.45, 2.75) is 25.8 Å². The molecular formula is C23H27N3O4. The van der Waals surface area contributed by atoms with Gasteiger partial charge in [-0.05, 0) is 43.2 Å². The Balaban J connectivity index is 1.47. The summed E-state index contributed by atoms with van der Waals surface area (Å²) in [4.78, 5) is 38.8. The van der Waals surface area contributed by atoms with Crippen LogP contribution in [0.25, 0.3) is 0 Å². The number of amides is 3. The van der Waals surface area contributed by atoms with Crippen LogP contribution in [0.5, 0.6) is 5.75 Å². The van der Waals surface area contributed by atoms with Crippen LogP contribution >= 0.6 is 0 Å². The molecule has 1 saturated heterocycles. The highest BCUT2D eigenvalue weighted by molar-refractivity contribution is 6.01. The lowest BCUT2D eigenvalue weighted by molar-refractivity contribution is -0.130. The lowest BCUT2D eigenvalue weighted by Gasteiger charge is -2.18. The molecule has 3 rings (SSSR count). The van der Waals surface area contributed by atoms with Gasteiger partial charge in [0.25, 0.3) is 0 Å². The molecule has 0 unspecified atom stereocenters. The maximum Gasteiger partial charge on any atom is 0.242 e. The van der Waals surface area contributed by atoms with Gasteiger partial charge < -0.3 is 20.3 Å². The van der Waals surface area contributed by atoms with Crippen molar-refractivity contribution >= 4 is 23.4 Å². The highest BCUT2D eigenvalue weighted by atomic mass is 16.5. The zero-order valence-electron chi connectivity index (χ0n) is 17.3. The molecule has 2 atom stereocenters. The summed E-state index contributed by atoms with van der Waals surface area (Å²) in [6, 6.07) is 16.3. The quantitative estimate of drug-likeness (QED) is 0.697. The Hall–Kier alpha value is -3.35. The highest BCUT2D eigenvalue weighted by Crippen LogP contribution is 2.27. The number of hydrogen-bond donors (Lipinski definition) is 2. The van der Waals surface area contributed by atoms with Crippen LogP contribution in [-0.2, 0) is 20.8 Å². The Kier molecular flexibility index (Phi) is 7.06. The molecule has 0 radical (unpaired) electrons.